The molecule has 0 spiro atoms. The molecule has 7 aromatic carbocycles. The third-order valence-corrected chi connectivity index (χ3v) is 9.76. The number of phenols is 1. The Morgan fingerprint density at radius 3 is 1.14 bits per heavy atom. The fourth-order valence-corrected chi connectivity index (χ4v) is 6.43. The molecule has 0 radical (unpaired) electrons. The van der Waals surface area contributed by atoms with Crippen LogP contribution in [0.15, 0.2) is 158 Å². The van der Waals surface area contributed by atoms with E-state index in [-0.39, 0.29) is 25.6 Å². The summed E-state index contributed by atoms with van der Waals surface area (Å²) in [5.41, 5.74) is 9.36. The third-order valence-electron chi connectivity index (χ3n) is 9.76. The number of benzene rings is 7. The lowest BCUT2D eigenvalue weighted by Crippen LogP contribution is -2.05. The Bertz CT molecular complexity index is 3010. The van der Waals surface area contributed by atoms with Crippen molar-refractivity contribution in [3.63, 3.8) is 0 Å². The lowest BCUT2D eigenvalue weighted by Gasteiger charge is -2.14. The highest BCUT2D eigenvalue weighted by Gasteiger charge is 2.18. The summed E-state index contributed by atoms with van der Waals surface area (Å²) in [4.78, 5) is 13.0. The second-order valence-electron chi connectivity index (χ2n) is 14.2. The average molecular weight is 825 g/mol. The topological polar surface area (TPSA) is 65.0 Å². The SMILES string of the molecule is CCOC(=O)c1cc2c(O)c(c1)-c1ccc(cc1)C#Cc1ccc(cc1)OCC#Cc1ccc(cc1)C#CC#Cc1ccc(cc1)C#CCOc1ccc(cc1)C#Cc1ccc-2cc1. The second kappa shape index (κ2) is 20.4. The van der Waals surface area contributed by atoms with Gasteiger partial charge in [0, 0.05) is 55.6 Å². The largest absolute Gasteiger partial charge is 0.507 e. The molecule has 7 aromatic rings. The molecule has 5 heteroatoms. The molecule has 9 aliphatic heterocycles. The normalized spacial score (nSPS) is 11.2. The fourth-order valence-electron chi connectivity index (χ4n) is 6.43. The molecule has 0 fully saturated rings. The Kier molecular flexibility index (Phi) is 13.2. The van der Waals surface area contributed by atoms with Crippen molar-refractivity contribution >= 4 is 5.97 Å². The van der Waals surface area contributed by atoms with Crippen LogP contribution in [-0.2, 0) is 4.74 Å². The quantitative estimate of drug-likeness (QED) is 0.139. The van der Waals surface area contributed by atoms with E-state index in [1.165, 1.54) is 0 Å². The number of esters is 1. The number of carbonyl (C=O) groups is 1. The summed E-state index contributed by atoms with van der Waals surface area (Å²) in [7, 11) is 0. The first kappa shape index (κ1) is 41.5. The molecule has 1 N–H and O–H groups in total. The van der Waals surface area contributed by atoms with Crippen LogP contribution in [0.5, 0.6) is 17.2 Å². The Morgan fingerprint density at radius 1 is 0.469 bits per heavy atom. The number of fused-ring (bicyclic) bond motifs is 2. The van der Waals surface area contributed by atoms with E-state index in [1.54, 1.807) is 19.1 Å². The van der Waals surface area contributed by atoms with Gasteiger partial charge in [-0.25, -0.2) is 4.79 Å². The van der Waals surface area contributed by atoms with E-state index < -0.39 is 5.97 Å². The van der Waals surface area contributed by atoms with Gasteiger partial charge in [-0.1, -0.05) is 83.5 Å². The van der Waals surface area contributed by atoms with Gasteiger partial charge in [-0.15, -0.1) is 0 Å². The van der Waals surface area contributed by atoms with Crippen LogP contribution in [0, 0.1) is 71.0 Å². The van der Waals surface area contributed by atoms with Crippen LogP contribution in [0.1, 0.15) is 61.8 Å². The Labute approximate surface area is 373 Å². The molecule has 0 atom stereocenters. The second-order valence-corrected chi connectivity index (χ2v) is 14.2. The molecule has 9 aliphatic rings. The number of rotatable bonds is 2. The van der Waals surface area contributed by atoms with Crippen molar-refractivity contribution < 1.29 is 24.1 Å². The van der Waals surface area contributed by atoms with Crippen LogP contribution >= 0.6 is 0 Å². The van der Waals surface area contributed by atoms with Crippen LogP contribution in [0.25, 0.3) is 22.3 Å². The summed E-state index contributed by atoms with van der Waals surface area (Å²) < 4.78 is 17.0. The predicted octanol–water partition coefficient (Wildman–Crippen LogP) is 10.3. The zero-order chi connectivity index (χ0) is 43.9. The van der Waals surface area contributed by atoms with Gasteiger partial charge >= 0.3 is 5.97 Å². The van der Waals surface area contributed by atoms with Crippen LogP contribution in [-0.4, -0.2) is 30.9 Å². The Balaban J connectivity index is 1.05. The van der Waals surface area contributed by atoms with Crippen LogP contribution in [0.2, 0.25) is 0 Å². The number of phenolic OH excluding ortho intramolecular Hbond substituents is 1. The van der Waals surface area contributed by atoms with E-state index in [1.807, 2.05) is 146 Å². The minimum atomic E-state index is -0.479. The first-order chi connectivity index (χ1) is 31.5. The highest BCUT2D eigenvalue weighted by molar-refractivity contribution is 5.96. The van der Waals surface area contributed by atoms with E-state index in [2.05, 4.69) is 71.0 Å². The van der Waals surface area contributed by atoms with Crippen molar-refractivity contribution in [2.45, 2.75) is 6.92 Å². The smallest absolute Gasteiger partial charge is 0.338 e. The Morgan fingerprint density at radius 2 is 0.781 bits per heavy atom. The van der Waals surface area contributed by atoms with Gasteiger partial charge < -0.3 is 19.3 Å². The van der Waals surface area contributed by atoms with Crippen molar-refractivity contribution in [1.82, 2.24) is 0 Å². The molecular formula is C59H36O5. The minimum Gasteiger partial charge on any atom is -0.507 e. The summed E-state index contributed by atoms with van der Waals surface area (Å²) in [6, 6.07) is 48.7. The van der Waals surface area contributed by atoms with Gasteiger partial charge in [-0.3, -0.25) is 0 Å². The van der Waals surface area contributed by atoms with Gasteiger partial charge in [0.25, 0.3) is 0 Å². The number of carbonyl (C=O) groups excluding carboxylic acids is 1. The van der Waals surface area contributed by atoms with Crippen molar-refractivity contribution in [2.75, 3.05) is 19.8 Å². The fraction of sp³-hybridized carbons (Fsp3) is 0.0678. The molecule has 0 aromatic heterocycles. The van der Waals surface area contributed by atoms with Crippen molar-refractivity contribution in [3.8, 4) is 111 Å². The number of hydrogen-bond acceptors (Lipinski definition) is 5. The third kappa shape index (κ3) is 11.1. The highest BCUT2D eigenvalue weighted by Crippen LogP contribution is 2.40. The Hall–Kier alpha value is -9.23. The number of ether oxygens (including phenoxy) is 3. The van der Waals surface area contributed by atoms with Crippen LogP contribution in [0.4, 0.5) is 0 Å². The molecule has 0 aliphatic carbocycles. The first-order valence-electron chi connectivity index (χ1n) is 20.4. The van der Waals surface area contributed by atoms with Crippen molar-refractivity contribution in [1.29, 1.82) is 0 Å². The highest BCUT2D eigenvalue weighted by atomic mass is 16.5. The van der Waals surface area contributed by atoms with Gasteiger partial charge in [-0.05, 0) is 163 Å². The van der Waals surface area contributed by atoms with Crippen LogP contribution < -0.4 is 9.47 Å². The van der Waals surface area contributed by atoms with Gasteiger partial charge in [0.1, 0.15) is 30.5 Å². The van der Waals surface area contributed by atoms with Crippen molar-refractivity contribution in [2.24, 2.45) is 0 Å². The van der Waals surface area contributed by atoms with Crippen molar-refractivity contribution in [3.05, 3.63) is 208 Å². The maximum atomic E-state index is 13.0. The monoisotopic (exact) mass is 824 g/mol. The zero-order valence-electron chi connectivity index (χ0n) is 34.7. The molecule has 9 heterocycles. The van der Waals surface area contributed by atoms with Crippen LogP contribution in [0.3, 0.4) is 0 Å². The summed E-state index contributed by atoms with van der Waals surface area (Å²) in [5.74, 6) is 38.1. The summed E-state index contributed by atoms with van der Waals surface area (Å²) in [5, 5.41) is 11.6. The first-order valence-corrected chi connectivity index (χ1v) is 20.4. The van der Waals surface area contributed by atoms with E-state index in [9.17, 15) is 9.90 Å². The van der Waals surface area contributed by atoms with E-state index in [0.29, 0.717) is 28.2 Å². The minimum absolute atomic E-state index is 0.0384. The standard InChI is InChI=1S/C59H36O5/c1-2-62-59(61)53-41-56-51-31-23-47(24-32-51)19-21-49-27-35-54(36-28-49)63-39-5-9-45-15-11-43(12-16-45)7-3-4-8-44-13-17-46(18-14-44)10-6-40-64-55-37-29-50(30-38-55)22-20-48-25-33-52(34-26-48)57(42-53)58(56)60/h11-18,23-38,41-42,60H,2,39-40H2,1H3. The molecule has 0 saturated carbocycles. The molecule has 64 heavy (non-hydrogen) atoms. The molecule has 0 unspecified atom stereocenters. The van der Waals surface area contributed by atoms with Gasteiger partial charge in [-0.2, -0.15) is 0 Å². The van der Waals surface area contributed by atoms with E-state index in [0.717, 1.165) is 55.6 Å². The maximum absolute atomic E-state index is 13.0. The summed E-state index contributed by atoms with van der Waals surface area (Å²) in [6.07, 6.45) is 0. The van der Waals surface area contributed by atoms with Gasteiger partial charge in [0.05, 0.1) is 12.2 Å². The van der Waals surface area contributed by atoms with Gasteiger partial charge in [0.2, 0.25) is 0 Å². The lowest BCUT2D eigenvalue weighted by atomic mass is 9.93. The molecule has 0 saturated heterocycles. The van der Waals surface area contributed by atoms with E-state index >= 15 is 0 Å². The maximum Gasteiger partial charge on any atom is 0.338 e. The van der Waals surface area contributed by atoms with Gasteiger partial charge in [0.15, 0.2) is 0 Å². The number of aromatic hydroxyl groups is 1. The molecule has 16 rings (SSSR count). The molecule has 14 bridgehead atoms. The molecule has 302 valence electrons. The molecular weight excluding hydrogens is 789 g/mol. The lowest BCUT2D eigenvalue weighted by molar-refractivity contribution is 0.0526. The average Bonchev–Trinajstić information content (AvgIpc) is 3.33. The molecule has 5 nitrogen and oxygen atoms in total. The summed E-state index contributed by atoms with van der Waals surface area (Å²) in [6.45, 7) is 2.44. The predicted molar refractivity (Wildman–Crippen MR) is 251 cm³/mol. The van der Waals surface area contributed by atoms with E-state index in [4.69, 9.17) is 14.2 Å². The summed E-state index contributed by atoms with van der Waals surface area (Å²) >= 11 is 0. The molecule has 0 amide bonds. The zero-order valence-corrected chi connectivity index (χ0v) is 34.7. The number of hydrogen-bond donors (Lipinski definition) is 1.